The van der Waals surface area contributed by atoms with Crippen LogP contribution in [0.15, 0.2) is 29.4 Å². The lowest BCUT2D eigenvalue weighted by Gasteiger charge is -1.98. The molecule has 12 heavy (non-hydrogen) atoms. The first-order valence-electron chi connectivity index (χ1n) is 3.68. The molecular formula is C9H11NO2. The SMILES string of the molecule is C/C(Cc1ccc(O)cc1)=N\O. The van der Waals surface area contributed by atoms with Crippen LogP contribution in [0.4, 0.5) is 0 Å². The fraction of sp³-hybridized carbons (Fsp3) is 0.222. The molecule has 2 N–H and O–H groups in total. The highest BCUT2D eigenvalue weighted by Gasteiger charge is 1.95. The van der Waals surface area contributed by atoms with Crippen molar-refractivity contribution in [3.63, 3.8) is 0 Å². The quantitative estimate of drug-likeness (QED) is 0.398. The summed E-state index contributed by atoms with van der Waals surface area (Å²) in [7, 11) is 0. The van der Waals surface area contributed by atoms with Gasteiger partial charge in [-0.05, 0) is 24.6 Å². The van der Waals surface area contributed by atoms with Crippen molar-refractivity contribution in [1.82, 2.24) is 0 Å². The Bertz CT molecular complexity index is 277. The number of oxime groups is 1. The van der Waals surface area contributed by atoms with Crippen molar-refractivity contribution in [3.8, 4) is 5.75 Å². The molecule has 0 spiro atoms. The topological polar surface area (TPSA) is 52.8 Å². The third kappa shape index (κ3) is 2.27. The highest BCUT2D eigenvalue weighted by atomic mass is 16.4. The molecule has 0 saturated heterocycles. The number of aromatic hydroxyl groups is 1. The zero-order valence-corrected chi connectivity index (χ0v) is 6.86. The van der Waals surface area contributed by atoms with Gasteiger partial charge in [0.1, 0.15) is 5.75 Å². The van der Waals surface area contributed by atoms with Gasteiger partial charge in [-0.2, -0.15) is 0 Å². The monoisotopic (exact) mass is 165 g/mol. The van der Waals surface area contributed by atoms with Crippen LogP contribution in [0.5, 0.6) is 5.75 Å². The molecule has 0 radical (unpaired) electrons. The molecule has 0 unspecified atom stereocenters. The van der Waals surface area contributed by atoms with Gasteiger partial charge in [-0.25, -0.2) is 0 Å². The lowest BCUT2D eigenvalue weighted by atomic mass is 10.1. The minimum Gasteiger partial charge on any atom is -0.508 e. The minimum absolute atomic E-state index is 0.248. The maximum Gasteiger partial charge on any atom is 0.115 e. The highest BCUT2D eigenvalue weighted by Crippen LogP contribution is 2.10. The number of nitrogens with zero attached hydrogens (tertiary/aromatic N) is 1. The molecule has 1 aromatic carbocycles. The van der Waals surface area contributed by atoms with Crippen LogP contribution in [0.3, 0.4) is 0 Å². The maximum absolute atomic E-state index is 8.97. The summed E-state index contributed by atoms with van der Waals surface area (Å²) in [5, 5.41) is 20.4. The van der Waals surface area contributed by atoms with Crippen LogP contribution in [0.2, 0.25) is 0 Å². The van der Waals surface area contributed by atoms with E-state index in [0.29, 0.717) is 12.1 Å². The molecule has 3 heteroatoms. The first-order valence-corrected chi connectivity index (χ1v) is 3.68. The molecule has 0 heterocycles. The fourth-order valence-electron chi connectivity index (χ4n) is 0.945. The zero-order chi connectivity index (χ0) is 8.97. The second-order valence-electron chi connectivity index (χ2n) is 2.68. The van der Waals surface area contributed by atoms with E-state index in [4.69, 9.17) is 10.3 Å². The number of phenols is 1. The van der Waals surface area contributed by atoms with Gasteiger partial charge in [0.15, 0.2) is 0 Å². The van der Waals surface area contributed by atoms with Gasteiger partial charge in [0.2, 0.25) is 0 Å². The van der Waals surface area contributed by atoms with E-state index < -0.39 is 0 Å². The summed E-state index contributed by atoms with van der Waals surface area (Å²) in [6, 6.07) is 6.81. The van der Waals surface area contributed by atoms with E-state index in [1.165, 1.54) is 0 Å². The molecule has 0 aromatic heterocycles. The Hall–Kier alpha value is -1.51. The fourth-order valence-corrected chi connectivity index (χ4v) is 0.945. The summed E-state index contributed by atoms with van der Waals surface area (Å²) in [4.78, 5) is 0. The molecular weight excluding hydrogens is 154 g/mol. The van der Waals surface area contributed by atoms with Crippen LogP contribution in [-0.4, -0.2) is 16.0 Å². The van der Waals surface area contributed by atoms with Crippen LogP contribution in [-0.2, 0) is 6.42 Å². The van der Waals surface area contributed by atoms with E-state index >= 15 is 0 Å². The predicted molar refractivity (Wildman–Crippen MR) is 46.7 cm³/mol. The van der Waals surface area contributed by atoms with Gasteiger partial charge < -0.3 is 10.3 Å². The van der Waals surface area contributed by atoms with Gasteiger partial charge in [0.05, 0.1) is 5.71 Å². The Labute approximate surface area is 71.0 Å². The summed E-state index contributed by atoms with van der Waals surface area (Å²) in [5.74, 6) is 0.248. The Morgan fingerprint density at radius 1 is 1.33 bits per heavy atom. The van der Waals surface area contributed by atoms with E-state index in [1.807, 2.05) is 0 Å². The van der Waals surface area contributed by atoms with Gasteiger partial charge in [-0.15, -0.1) is 0 Å². The summed E-state index contributed by atoms with van der Waals surface area (Å²) in [5.41, 5.74) is 1.67. The molecule has 0 fully saturated rings. The average Bonchev–Trinajstić information content (AvgIpc) is 2.09. The van der Waals surface area contributed by atoms with Crippen molar-refractivity contribution in [3.05, 3.63) is 29.8 Å². The summed E-state index contributed by atoms with van der Waals surface area (Å²) in [6.45, 7) is 1.74. The normalized spacial score (nSPS) is 11.6. The first kappa shape index (κ1) is 8.59. The number of hydrogen-bond acceptors (Lipinski definition) is 3. The third-order valence-corrected chi connectivity index (χ3v) is 1.57. The Kier molecular flexibility index (Phi) is 2.69. The second kappa shape index (κ2) is 3.76. The molecule has 0 aliphatic rings. The van der Waals surface area contributed by atoms with Gasteiger partial charge in [0, 0.05) is 6.42 Å². The number of benzene rings is 1. The predicted octanol–water partition coefficient (Wildman–Crippen LogP) is 1.78. The molecule has 0 saturated carbocycles. The average molecular weight is 165 g/mol. The third-order valence-electron chi connectivity index (χ3n) is 1.57. The maximum atomic E-state index is 8.97. The smallest absolute Gasteiger partial charge is 0.115 e. The standard InChI is InChI=1S/C9H11NO2/c1-7(10-12)6-8-2-4-9(11)5-3-8/h2-5,11-12H,6H2,1H3/b10-7+. The van der Waals surface area contributed by atoms with E-state index in [9.17, 15) is 0 Å². The van der Waals surface area contributed by atoms with Crippen molar-refractivity contribution < 1.29 is 10.3 Å². The largest absolute Gasteiger partial charge is 0.508 e. The summed E-state index contributed by atoms with van der Waals surface area (Å²) in [6.07, 6.45) is 0.608. The molecule has 0 aliphatic heterocycles. The van der Waals surface area contributed by atoms with Crippen LogP contribution in [0, 0.1) is 0 Å². The Morgan fingerprint density at radius 2 is 1.92 bits per heavy atom. The van der Waals surface area contributed by atoms with E-state index in [0.717, 1.165) is 5.56 Å². The van der Waals surface area contributed by atoms with E-state index in [2.05, 4.69) is 5.16 Å². The second-order valence-corrected chi connectivity index (χ2v) is 2.68. The lowest BCUT2D eigenvalue weighted by Crippen LogP contribution is -1.96. The van der Waals surface area contributed by atoms with E-state index in [-0.39, 0.29) is 5.75 Å². The lowest BCUT2D eigenvalue weighted by molar-refractivity contribution is 0.317. The zero-order valence-electron chi connectivity index (χ0n) is 6.86. The first-order chi connectivity index (χ1) is 5.72. The van der Waals surface area contributed by atoms with Crippen LogP contribution in [0.1, 0.15) is 12.5 Å². The van der Waals surface area contributed by atoms with Gasteiger partial charge in [0.25, 0.3) is 0 Å². The molecule has 64 valence electrons. The summed E-state index contributed by atoms with van der Waals surface area (Å²) < 4.78 is 0. The molecule has 1 rings (SSSR count). The highest BCUT2D eigenvalue weighted by molar-refractivity contribution is 5.83. The van der Waals surface area contributed by atoms with Crippen LogP contribution >= 0.6 is 0 Å². The molecule has 0 aliphatic carbocycles. The van der Waals surface area contributed by atoms with Crippen LogP contribution < -0.4 is 0 Å². The number of rotatable bonds is 2. The van der Waals surface area contributed by atoms with Crippen molar-refractivity contribution in [2.24, 2.45) is 5.16 Å². The Morgan fingerprint density at radius 3 is 2.42 bits per heavy atom. The summed E-state index contributed by atoms with van der Waals surface area (Å²) >= 11 is 0. The van der Waals surface area contributed by atoms with Crippen molar-refractivity contribution in [2.45, 2.75) is 13.3 Å². The van der Waals surface area contributed by atoms with Crippen molar-refractivity contribution in [1.29, 1.82) is 0 Å². The number of hydrogen-bond donors (Lipinski definition) is 2. The van der Waals surface area contributed by atoms with Crippen molar-refractivity contribution >= 4 is 5.71 Å². The molecule has 0 amide bonds. The van der Waals surface area contributed by atoms with Gasteiger partial charge in [-0.3, -0.25) is 0 Å². The molecule has 0 atom stereocenters. The Balaban J connectivity index is 2.71. The molecule has 1 aromatic rings. The minimum atomic E-state index is 0.248. The molecule has 0 bridgehead atoms. The van der Waals surface area contributed by atoms with Crippen molar-refractivity contribution in [2.75, 3.05) is 0 Å². The van der Waals surface area contributed by atoms with Gasteiger partial charge >= 0.3 is 0 Å². The van der Waals surface area contributed by atoms with Crippen LogP contribution in [0.25, 0.3) is 0 Å². The van der Waals surface area contributed by atoms with Gasteiger partial charge in [-0.1, -0.05) is 17.3 Å². The molecule has 3 nitrogen and oxygen atoms in total. The van der Waals surface area contributed by atoms with E-state index in [1.54, 1.807) is 31.2 Å². The number of phenolic OH excluding ortho intramolecular Hbond substituents is 1.